The predicted octanol–water partition coefficient (Wildman–Crippen LogP) is 4.23. The third kappa shape index (κ3) is 4.00. The summed E-state index contributed by atoms with van der Waals surface area (Å²) < 4.78 is 16.6. The molecule has 8 nitrogen and oxygen atoms in total. The quantitative estimate of drug-likeness (QED) is 0.615. The first-order chi connectivity index (χ1) is 15.2. The summed E-state index contributed by atoms with van der Waals surface area (Å²) in [6.45, 7) is 1.97. The third-order valence-corrected chi connectivity index (χ3v) is 6.29. The monoisotopic (exact) mass is 435 g/mol. The van der Waals surface area contributed by atoms with Crippen molar-refractivity contribution >= 4 is 22.3 Å². The number of hydrogen-bond acceptors (Lipinski definition) is 9. The molecule has 2 aliphatic rings. The number of nitrogens with zero attached hydrogens (tertiary/aromatic N) is 4. The van der Waals surface area contributed by atoms with Crippen LogP contribution in [-0.4, -0.2) is 35.3 Å². The second-order valence-corrected chi connectivity index (χ2v) is 8.39. The average Bonchev–Trinajstić information content (AvgIpc) is 3.54. The topological polar surface area (TPSA) is 92.5 Å². The Labute approximate surface area is 184 Å². The molecular formula is C22H21N5O3S. The van der Waals surface area contributed by atoms with E-state index >= 15 is 0 Å². The molecule has 1 fully saturated rings. The number of nitriles is 1. The number of fused-ring (bicyclic) bond motifs is 1. The number of nitrogens with one attached hydrogen (secondary N) is 1. The normalized spacial score (nSPS) is 17.5. The molecule has 158 valence electrons. The highest BCUT2D eigenvalue weighted by atomic mass is 32.1. The first-order valence-corrected chi connectivity index (χ1v) is 10.9. The summed E-state index contributed by atoms with van der Waals surface area (Å²) in [4.78, 5) is 12.0. The van der Waals surface area contributed by atoms with Gasteiger partial charge in [0.15, 0.2) is 16.6 Å². The molecule has 0 saturated carbocycles. The van der Waals surface area contributed by atoms with Crippen LogP contribution in [0.5, 0.6) is 17.2 Å². The molecule has 1 aromatic carbocycles. The lowest BCUT2D eigenvalue weighted by atomic mass is 10.1. The zero-order chi connectivity index (χ0) is 21.2. The van der Waals surface area contributed by atoms with Gasteiger partial charge in [0.25, 0.3) is 0 Å². The van der Waals surface area contributed by atoms with Crippen molar-refractivity contribution < 1.29 is 14.2 Å². The smallest absolute Gasteiger partial charge is 0.231 e. The highest BCUT2D eigenvalue weighted by molar-refractivity contribution is 7.16. The van der Waals surface area contributed by atoms with Gasteiger partial charge in [-0.05, 0) is 37.6 Å². The number of pyridine rings is 1. The number of aromatic nitrogens is 2. The van der Waals surface area contributed by atoms with Gasteiger partial charge in [0.05, 0.1) is 25.0 Å². The summed E-state index contributed by atoms with van der Waals surface area (Å²) in [5.41, 5.74) is 2.08. The number of hydrogen-bond donors (Lipinski definition) is 1. The Hall–Kier alpha value is -3.35. The van der Waals surface area contributed by atoms with Crippen LogP contribution in [0, 0.1) is 11.3 Å². The van der Waals surface area contributed by atoms with E-state index < -0.39 is 0 Å². The van der Waals surface area contributed by atoms with Gasteiger partial charge in [0.2, 0.25) is 6.79 Å². The van der Waals surface area contributed by atoms with Crippen LogP contribution in [0.2, 0.25) is 0 Å². The van der Waals surface area contributed by atoms with Crippen molar-refractivity contribution in [2.75, 3.05) is 25.8 Å². The second kappa shape index (κ2) is 8.41. The van der Waals surface area contributed by atoms with Crippen molar-refractivity contribution in [1.29, 1.82) is 5.26 Å². The fraction of sp³-hybridized carbons (Fsp3) is 0.318. The van der Waals surface area contributed by atoms with E-state index in [2.05, 4.69) is 27.3 Å². The van der Waals surface area contributed by atoms with Crippen LogP contribution in [0.15, 0.2) is 36.5 Å². The van der Waals surface area contributed by atoms with Crippen LogP contribution in [-0.2, 0) is 6.54 Å². The largest absolute Gasteiger partial charge is 0.496 e. The molecule has 1 N–H and O–H groups in total. The number of ether oxygens (including phenoxy) is 3. The van der Waals surface area contributed by atoms with Crippen molar-refractivity contribution in [2.24, 2.45) is 0 Å². The predicted molar refractivity (Wildman–Crippen MR) is 116 cm³/mol. The molecule has 0 radical (unpaired) electrons. The standard InChI is InChI=1S/C22H21N5O3S/c1-28-18-9-20-19(29-13-30-20)8-14(18)12-27-7-3-5-17(27)16-4-2-6-21(25-16)26-22-24-11-15(10-23)31-22/h2,4,6,8-9,11,17H,3,5,7,12-13H2,1H3,(H,24,25,26). The van der Waals surface area contributed by atoms with Gasteiger partial charge >= 0.3 is 0 Å². The van der Waals surface area contributed by atoms with E-state index in [-0.39, 0.29) is 12.8 Å². The van der Waals surface area contributed by atoms with Crippen LogP contribution in [0.1, 0.15) is 35.0 Å². The minimum absolute atomic E-state index is 0.211. The first-order valence-electron chi connectivity index (χ1n) is 10.0. The van der Waals surface area contributed by atoms with Gasteiger partial charge in [-0.25, -0.2) is 9.97 Å². The Kier molecular flexibility index (Phi) is 5.32. The van der Waals surface area contributed by atoms with Crippen molar-refractivity contribution in [3.8, 4) is 23.3 Å². The molecule has 1 atom stereocenters. The van der Waals surface area contributed by atoms with Gasteiger partial charge < -0.3 is 19.5 Å². The maximum absolute atomic E-state index is 8.99. The molecular weight excluding hydrogens is 414 g/mol. The summed E-state index contributed by atoms with van der Waals surface area (Å²) in [6, 6.07) is 12.2. The minimum atomic E-state index is 0.211. The lowest BCUT2D eigenvalue weighted by molar-refractivity contribution is 0.173. The van der Waals surface area contributed by atoms with Crippen LogP contribution in [0.3, 0.4) is 0 Å². The van der Waals surface area contributed by atoms with E-state index in [1.807, 2.05) is 24.3 Å². The van der Waals surface area contributed by atoms with E-state index in [0.717, 1.165) is 60.3 Å². The minimum Gasteiger partial charge on any atom is -0.496 e. The van der Waals surface area contributed by atoms with Crippen LogP contribution >= 0.6 is 11.3 Å². The molecule has 5 rings (SSSR count). The van der Waals surface area contributed by atoms with E-state index in [9.17, 15) is 0 Å². The van der Waals surface area contributed by atoms with Gasteiger partial charge in [-0.2, -0.15) is 5.26 Å². The van der Waals surface area contributed by atoms with E-state index in [4.69, 9.17) is 24.5 Å². The zero-order valence-electron chi connectivity index (χ0n) is 17.0. The van der Waals surface area contributed by atoms with Gasteiger partial charge in [-0.1, -0.05) is 17.4 Å². The fourth-order valence-electron chi connectivity index (χ4n) is 4.05. The number of thiazole rings is 1. The van der Waals surface area contributed by atoms with Crippen LogP contribution in [0.4, 0.5) is 10.9 Å². The van der Waals surface area contributed by atoms with Gasteiger partial charge in [-0.3, -0.25) is 4.90 Å². The van der Waals surface area contributed by atoms with Crippen molar-refractivity contribution in [2.45, 2.75) is 25.4 Å². The molecule has 0 amide bonds. The number of likely N-dealkylation sites (tertiary alicyclic amines) is 1. The van der Waals surface area contributed by atoms with Crippen LogP contribution < -0.4 is 19.5 Å². The summed E-state index contributed by atoms with van der Waals surface area (Å²) in [7, 11) is 1.68. The maximum atomic E-state index is 8.99. The summed E-state index contributed by atoms with van der Waals surface area (Å²) in [5.74, 6) is 3.01. The number of rotatable bonds is 6. The molecule has 4 heterocycles. The lowest BCUT2D eigenvalue weighted by Crippen LogP contribution is -2.24. The Bertz CT molecular complexity index is 1140. The van der Waals surface area contributed by atoms with Crippen molar-refractivity contribution in [1.82, 2.24) is 14.9 Å². The average molecular weight is 436 g/mol. The van der Waals surface area contributed by atoms with E-state index in [1.165, 1.54) is 11.3 Å². The van der Waals surface area contributed by atoms with Crippen molar-refractivity contribution in [3.05, 3.63) is 52.7 Å². The summed E-state index contributed by atoms with van der Waals surface area (Å²) in [6.07, 6.45) is 3.71. The Morgan fingerprint density at radius 2 is 2.19 bits per heavy atom. The van der Waals surface area contributed by atoms with E-state index in [1.54, 1.807) is 13.3 Å². The van der Waals surface area contributed by atoms with Crippen molar-refractivity contribution in [3.63, 3.8) is 0 Å². The highest BCUT2D eigenvalue weighted by Gasteiger charge is 2.29. The van der Waals surface area contributed by atoms with Crippen LogP contribution in [0.25, 0.3) is 0 Å². The number of methoxy groups -OCH3 is 1. The number of anilines is 2. The first kappa shape index (κ1) is 19.6. The molecule has 1 unspecified atom stereocenters. The zero-order valence-corrected chi connectivity index (χ0v) is 17.8. The fourth-order valence-corrected chi connectivity index (χ4v) is 4.67. The summed E-state index contributed by atoms with van der Waals surface area (Å²) in [5, 5.41) is 12.9. The van der Waals surface area contributed by atoms with E-state index in [0.29, 0.717) is 10.0 Å². The molecule has 0 spiro atoms. The Balaban J connectivity index is 1.36. The molecule has 31 heavy (non-hydrogen) atoms. The highest BCUT2D eigenvalue weighted by Crippen LogP contribution is 2.40. The number of benzene rings is 1. The molecule has 2 aliphatic heterocycles. The summed E-state index contributed by atoms with van der Waals surface area (Å²) >= 11 is 1.31. The second-order valence-electron chi connectivity index (χ2n) is 7.36. The molecule has 0 bridgehead atoms. The van der Waals surface area contributed by atoms with Gasteiger partial charge in [-0.15, -0.1) is 0 Å². The lowest BCUT2D eigenvalue weighted by Gasteiger charge is -2.25. The molecule has 3 aromatic rings. The van der Waals surface area contributed by atoms with Gasteiger partial charge in [0.1, 0.15) is 22.5 Å². The molecule has 2 aromatic heterocycles. The Morgan fingerprint density at radius 3 is 3.00 bits per heavy atom. The molecule has 9 heteroatoms. The SMILES string of the molecule is COc1cc2c(cc1CN1CCCC1c1cccc(Nc3ncc(C#N)s3)n1)OCO2. The maximum Gasteiger partial charge on any atom is 0.231 e. The molecule has 0 aliphatic carbocycles. The Morgan fingerprint density at radius 1 is 1.32 bits per heavy atom. The van der Waals surface area contributed by atoms with Gasteiger partial charge in [0, 0.05) is 18.2 Å². The molecule has 1 saturated heterocycles. The third-order valence-electron chi connectivity index (χ3n) is 5.48.